The van der Waals surface area contributed by atoms with Gasteiger partial charge in [0, 0.05) is 19.9 Å². The molecule has 2 aromatic carbocycles. The van der Waals surface area contributed by atoms with Crippen molar-refractivity contribution in [3.05, 3.63) is 59.2 Å². The summed E-state index contributed by atoms with van der Waals surface area (Å²) < 4.78 is 6.79. The minimum absolute atomic E-state index is 0.0108. The molecule has 0 radical (unpaired) electrons. The number of fused-ring (bicyclic) bond motifs is 1. The molecule has 2 aromatic rings. The van der Waals surface area contributed by atoms with Gasteiger partial charge in [-0.05, 0) is 18.6 Å². The second-order valence-corrected chi connectivity index (χ2v) is 24.8. The van der Waals surface area contributed by atoms with Gasteiger partial charge in [-0.3, -0.25) is 4.79 Å². The van der Waals surface area contributed by atoms with Crippen LogP contribution < -0.4 is 28.1 Å². The van der Waals surface area contributed by atoms with Crippen molar-refractivity contribution in [3.63, 3.8) is 0 Å². The van der Waals surface area contributed by atoms with Crippen LogP contribution in [0.2, 0.25) is 0 Å². The summed E-state index contributed by atoms with van der Waals surface area (Å²) in [6.45, 7) is 8.49. The molecule has 0 spiro atoms. The molecule has 0 saturated carbocycles. The topological polar surface area (TPSA) is 90.4 Å². The second-order valence-electron chi connectivity index (χ2n) is 13.0. The molecule has 2 amide bonds. The average Bonchev–Trinajstić information content (AvgIpc) is 3.57. The maximum atomic E-state index is 14.2. The van der Waals surface area contributed by atoms with Crippen molar-refractivity contribution in [2.24, 2.45) is 5.92 Å². The van der Waals surface area contributed by atoms with E-state index in [1.807, 2.05) is 30.0 Å². The predicted molar refractivity (Wildman–Crippen MR) is 173 cm³/mol. The van der Waals surface area contributed by atoms with Crippen LogP contribution in [0.4, 0.5) is 5.69 Å². The summed E-state index contributed by atoms with van der Waals surface area (Å²) in [5, 5.41) is 10.6. The molecule has 3 atom stereocenters. The van der Waals surface area contributed by atoms with Gasteiger partial charge in [0.15, 0.2) is 0 Å². The molecule has 2 aliphatic heterocycles. The van der Waals surface area contributed by atoms with Crippen LogP contribution in [-0.2, 0) is 25.2 Å². The fourth-order valence-electron chi connectivity index (χ4n) is 6.70. The third-order valence-electron chi connectivity index (χ3n) is 8.85. The quantitative estimate of drug-likeness (QED) is 0.237. The van der Waals surface area contributed by atoms with Crippen molar-refractivity contribution >= 4 is 23.5 Å². The number of carbonyl (C=O) groups is 3. The number of aliphatic carboxylic acids is 1. The summed E-state index contributed by atoms with van der Waals surface area (Å²) >= 11 is -1.78. The molecule has 2 heterocycles. The van der Waals surface area contributed by atoms with Crippen LogP contribution in [0.25, 0.3) is 0 Å². The Bertz CT molecular complexity index is 1330. The van der Waals surface area contributed by atoms with Crippen molar-refractivity contribution in [3.8, 4) is 5.75 Å². The zero-order chi connectivity index (χ0) is 32.0. The van der Waals surface area contributed by atoms with E-state index < -0.39 is 30.3 Å². The molecule has 8 nitrogen and oxygen atoms in total. The van der Waals surface area contributed by atoms with E-state index in [1.54, 1.807) is 11.8 Å². The number of carboxylic acid groups (broad SMARTS) is 1. The van der Waals surface area contributed by atoms with Crippen LogP contribution in [0.3, 0.4) is 0 Å². The Labute approximate surface area is 267 Å². The number of carbonyl (C=O) groups excluding carboxylic acids is 2. The van der Waals surface area contributed by atoms with Gasteiger partial charge < -0.3 is 4.74 Å². The molecule has 9 heteroatoms. The number of ether oxygens (including phenoxy) is 1. The average molecular weight is 721 g/mol. The monoisotopic (exact) mass is 720 g/mol. The van der Waals surface area contributed by atoms with Gasteiger partial charge in [0.25, 0.3) is 0 Å². The second kappa shape index (κ2) is 15.1. The zero-order valence-corrected chi connectivity index (χ0v) is 29.5. The number of carboxylic acids is 1. The first-order valence-electron chi connectivity index (χ1n) is 15.8. The molecule has 0 aromatic heterocycles. The van der Waals surface area contributed by atoms with Crippen LogP contribution in [0.15, 0.2) is 42.5 Å². The molecule has 0 unspecified atom stereocenters. The van der Waals surface area contributed by atoms with Gasteiger partial charge in [0.1, 0.15) is 5.75 Å². The van der Waals surface area contributed by atoms with E-state index in [4.69, 9.17) is 4.74 Å². The molecule has 4 rings (SSSR count). The van der Waals surface area contributed by atoms with Crippen molar-refractivity contribution < 1.29 is 42.7 Å². The SMILES string of the molecule is CCCCN(C(=O)CN1C[C@H](c2ccc3c(c2)CCO3)[C@@H](C(=O)O)[C@@H]1CCN(CC)C(C)=O)c1cccc(C[I-](C)(C)C)c1. The number of benzene rings is 2. The molecule has 244 valence electrons. The van der Waals surface area contributed by atoms with Gasteiger partial charge in [-0.15, -0.1) is 0 Å². The van der Waals surface area contributed by atoms with Crippen LogP contribution >= 0.6 is 0 Å². The molecule has 2 aliphatic rings. The van der Waals surface area contributed by atoms with Crippen LogP contribution in [-0.4, -0.2) is 92.9 Å². The number of anilines is 1. The van der Waals surface area contributed by atoms with Gasteiger partial charge in [-0.25, -0.2) is 0 Å². The van der Waals surface area contributed by atoms with Crippen LogP contribution in [0, 0.1) is 5.92 Å². The molecule has 1 saturated heterocycles. The molecule has 0 aliphatic carbocycles. The van der Waals surface area contributed by atoms with Gasteiger partial charge in [0.05, 0.1) is 6.61 Å². The van der Waals surface area contributed by atoms with E-state index in [0.717, 1.165) is 46.3 Å². The van der Waals surface area contributed by atoms with Gasteiger partial charge in [0.2, 0.25) is 5.91 Å². The molecule has 1 N–H and O–H groups in total. The fraction of sp³-hybridized carbons (Fsp3) is 0.571. The van der Waals surface area contributed by atoms with Crippen molar-refractivity contribution in [1.82, 2.24) is 9.80 Å². The van der Waals surface area contributed by atoms with Crippen molar-refractivity contribution in [2.45, 2.75) is 62.8 Å². The number of hydrogen-bond donors (Lipinski definition) is 1. The van der Waals surface area contributed by atoms with Crippen LogP contribution in [0.5, 0.6) is 5.75 Å². The minimum atomic E-state index is -1.78. The van der Waals surface area contributed by atoms with Gasteiger partial charge >= 0.3 is 202 Å². The molecular weight excluding hydrogens is 669 g/mol. The first kappa shape index (κ1) is 34.2. The summed E-state index contributed by atoms with van der Waals surface area (Å²) in [5.74, 6) is -0.997. The summed E-state index contributed by atoms with van der Waals surface area (Å²) in [5.41, 5.74) is 4.27. The van der Waals surface area contributed by atoms with Crippen LogP contribution in [0.1, 0.15) is 62.6 Å². The number of alkyl halides is 4. The first-order chi connectivity index (χ1) is 20.9. The first-order valence-corrected chi connectivity index (χ1v) is 23.8. The van der Waals surface area contributed by atoms with E-state index in [1.165, 1.54) is 5.56 Å². The number of nitrogens with zero attached hydrogens (tertiary/aromatic N) is 3. The molecule has 44 heavy (non-hydrogen) atoms. The number of rotatable bonds is 14. The summed E-state index contributed by atoms with van der Waals surface area (Å²) in [6, 6.07) is 14.1. The van der Waals surface area contributed by atoms with Gasteiger partial charge in [-0.1, -0.05) is 0 Å². The summed E-state index contributed by atoms with van der Waals surface area (Å²) in [7, 11) is 0. The zero-order valence-electron chi connectivity index (χ0n) is 27.4. The molecule has 1 fully saturated rings. The molecule has 0 bridgehead atoms. The predicted octanol–water partition coefficient (Wildman–Crippen LogP) is 1.73. The van der Waals surface area contributed by atoms with E-state index in [0.29, 0.717) is 39.2 Å². The fourth-order valence-corrected chi connectivity index (χ4v) is 9.81. The van der Waals surface area contributed by atoms with E-state index >= 15 is 0 Å². The Hall–Kier alpha value is -2.66. The molecular formula is C35H51IN3O5-. The van der Waals surface area contributed by atoms with E-state index in [-0.39, 0.29) is 30.3 Å². The van der Waals surface area contributed by atoms with Gasteiger partial charge in [-0.2, -0.15) is 0 Å². The maximum absolute atomic E-state index is 14.2. The Morgan fingerprint density at radius 1 is 1.07 bits per heavy atom. The Kier molecular flexibility index (Phi) is 11.7. The summed E-state index contributed by atoms with van der Waals surface area (Å²) in [4.78, 5) is 52.3. The number of halogens is 1. The number of unbranched alkanes of at least 4 members (excludes halogenated alkanes) is 1. The van der Waals surface area contributed by atoms with Crippen molar-refractivity contribution in [2.75, 3.05) is 59.0 Å². The third kappa shape index (κ3) is 8.53. The van der Waals surface area contributed by atoms with E-state index in [9.17, 15) is 19.5 Å². The Morgan fingerprint density at radius 3 is 2.50 bits per heavy atom. The normalized spacial score (nSPS) is 20.2. The number of likely N-dealkylation sites (tertiary alicyclic amines) is 1. The Balaban J connectivity index is 1.65. The Morgan fingerprint density at radius 2 is 1.84 bits per heavy atom. The standard InChI is InChI=1S/C35H51IN3O5/c1-7-9-17-39(29-12-10-11-26(20-29)22-36(4,5)6)33(41)24-38-23-30(27-13-14-32-28(21-27)16-19-44-32)34(35(42)43)31(38)15-18-37(8-2)25(3)40/h10-14,20-21,30-31,34H,7-9,15-19,22-24H2,1-6H3,(H,42,43)/q-1/t30-,31+,34-/m1/s1. The van der Waals surface area contributed by atoms with Crippen molar-refractivity contribution in [1.29, 1.82) is 0 Å². The van der Waals surface area contributed by atoms with E-state index in [2.05, 4.69) is 50.9 Å². The number of hydrogen-bond acceptors (Lipinski definition) is 5. The number of amides is 2. The summed E-state index contributed by atoms with van der Waals surface area (Å²) in [6.07, 6.45) is 3.16. The third-order valence-corrected chi connectivity index (χ3v) is 12.0.